The average molecular weight is 130 g/mol. The van der Waals surface area contributed by atoms with Crippen LogP contribution in [0, 0.1) is 5.92 Å². The Morgan fingerprint density at radius 3 is 2.56 bits per heavy atom. The monoisotopic (exact) mass is 130 g/mol. The lowest BCUT2D eigenvalue weighted by molar-refractivity contribution is 0.218. The Labute approximate surface area is 55.8 Å². The number of epoxide rings is 1. The van der Waals surface area contributed by atoms with E-state index in [4.69, 9.17) is 9.84 Å². The quantitative estimate of drug-likeness (QED) is 0.573. The predicted octanol–water partition coefficient (Wildman–Crippen LogP) is 0.792. The fourth-order valence-electron chi connectivity index (χ4n) is 0.949. The smallest absolute Gasteiger partial charge is 0.0842 e. The van der Waals surface area contributed by atoms with Crippen molar-refractivity contribution in [2.45, 2.75) is 32.5 Å². The zero-order chi connectivity index (χ0) is 6.85. The molecule has 0 amide bonds. The van der Waals surface area contributed by atoms with Gasteiger partial charge in [-0.15, -0.1) is 0 Å². The van der Waals surface area contributed by atoms with Crippen molar-refractivity contribution >= 4 is 0 Å². The van der Waals surface area contributed by atoms with Gasteiger partial charge in [-0.3, -0.25) is 0 Å². The molecule has 0 bridgehead atoms. The minimum atomic E-state index is 0.284. The molecule has 1 heterocycles. The summed E-state index contributed by atoms with van der Waals surface area (Å²) in [6.07, 6.45) is 1.89. The van der Waals surface area contributed by atoms with Gasteiger partial charge in [-0.1, -0.05) is 6.92 Å². The van der Waals surface area contributed by atoms with Crippen LogP contribution in [0.5, 0.6) is 0 Å². The second kappa shape index (κ2) is 2.67. The van der Waals surface area contributed by atoms with Crippen LogP contribution in [0.15, 0.2) is 0 Å². The van der Waals surface area contributed by atoms with E-state index in [0.717, 1.165) is 6.42 Å². The van der Waals surface area contributed by atoms with Crippen LogP contribution < -0.4 is 0 Å². The van der Waals surface area contributed by atoms with Gasteiger partial charge in [-0.05, 0) is 19.3 Å². The molecule has 2 heteroatoms. The van der Waals surface area contributed by atoms with Crippen LogP contribution in [-0.2, 0) is 4.74 Å². The van der Waals surface area contributed by atoms with E-state index in [1.807, 2.05) is 6.92 Å². The number of aliphatic hydroxyl groups is 1. The number of aliphatic hydroxyl groups excluding tert-OH is 1. The third-order valence-corrected chi connectivity index (χ3v) is 1.78. The Kier molecular flexibility index (Phi) is 2.09. The average Bonchev–Trinajstić information content (AvgIpc) is 2.47. The standard InChI is InChI=1S/C7H14O2/c1-5(4-8)3-7-6(2)9-7/h5-8H,3-4H2,1-2H3/t5-,6?,7-/m0/s1. The van der Waals surface area contributed by atoms with Gasteiger partial charge in [-0.25, -0.2) is 0 Å². The molecule has 0 aromatic rings. The first-order valence-electron chi connectivity index (χ1n) is 3.50. The zero-order valence-electron chi connectivity index (χ0n) is 6.00. The number of hydrogen-bond acceptors (Lipinski definition) is 2. The highest BCUT2D eigenvalue weighted by Gasteiger charge is 2.34. The second-order valence-corrected chi connectivity index (χ2v) is 2.90. The van der Waals surface area contributed by atoms with E-state index in [1.165, 1.54) is 0 Å². The largest absolute Gasteiger partial charge is 0.396 e. The van der Waals surface area contributed by atoms with Crippen LogP contribution >= 0.6 is 0 Å². The summed E-state index contributed by atoms with van der Waals surface area (Å²) in [4.78, 5) is 0. The van der Waals surface area contributed by atoms with E-state index >= 15 is 0 Å². The van der Waals surface area contributed by atoms with Gasteiger partial charge in [0, 0.05) is 6.61 Å². The fraction of sp³-hybridized carbons (Fsp3) is 1.00. The van der Waals surface area contributed by atoms with Crippen molar-refractivity contribution in [2.24, 2.45) is 5.92 Å². The summed E-state index contributed by atoms with van der Waals surface area (Å²) in [6.45, 7) is 4.38. The van der Waals surface area contributed by atoms with Gasteiger partial charge in [-0.2, -0.15) is 0 Å². The van der Waals surface area contributed by atoms with Gasteiger partial charge in [0.25, 0.3) is 0 Å². The molecule has 1 unspecified atom stereocenters. The summed E-state index contributed by atoms with van der Waals surface area (Å²) >= 11 is 0. The van der Waals surface area contributed by atoms with Crippen LogP contribution in [0.2, 0.25) is 0 Å². The summed E-state index contributed by atoms with van der Waals surface area (Å²) in [7, 11) is 0. The first-order chi connectivity index (χ1) is 4.24. The van der Waals surface area contributed by atoms with Crippen molar-refractivity contribution in [2.75, 3.05) is 6.61 Å². The lowest BCUT2D eigenvalue weighted by atomic mass is 10.1. The highest BCUT2D eigenvalue weighted by atomic mass is 16.6. The third kappa shape index (κ3) is 1.95. The molecule has 1 aliphatic rings. The zero-order valence-corrected chi connectivity index (χ0v) is 6.00. The molecule has 54 valence electrons. The highest BCUT2D eigenvalue weighted by molar-refractivity contribution is 4.81. The molecular formula is C7H14O2. The van der Waals surface area contributed by atoms with Gasteiger partial charge in [0.2, 0.25) is 0 Å². The van der Waals surface area contributed by atoms with Crippen molar-refractivity contribution in [1.82, 2.24) is 0 Å². The summed E-state index contributed by atoms with van der Waals surface area (Å²) in [5.74, 6) is 0.403. The molecule has 0 aliphatic carbocycles. The fourth-order valence-corrected chi connectivity index (χ4v) is 0.949. The molecule has 0 aromatic heterocycles. The molecule has 1 N–H and O–H groups in total. The molecule has 1 aliphatic heterocycles. The molecule has 1 rings (SSSR count). The van der Waals surface area contributed by atoms with E-state index in [0.29, 0.717) is 18.1 Å². The minimum Gasteiger partial charge on any atom is -0.396 e. The topological polar surface area (TPSA) is 32.8 Å². The molecule has 3 atom stereocenters. The maximum absolute atomic E-state index is 8.64. The van der Waals surface area contributed by atoms with Gasteiger partial charge in [0.1, 0.15) is 0 Å². The van der Waals surface area contributed by atoms with Crippen molar-refractivity contribution < 1.29 is 9.84 Å². The Hall–Kier alpha value is -0.0800. The lowest BCUT2D eigenvalue weighted by Crippen LogP contribution is -2.04. The molecule has 0 radical (unpaired) electrons. The van der Waals surface area contributed by atoms with E-state index in [2.05, 4.69) is 6.92 Å². The van der Waals surface area contributed by atoms with Crippen molar-refractivity contribution in [1.29, 1.82) is 0 Å². The summed E-state index contributed by atoms with van der Waals surface area (Å²) < 4.78 is 5.18. The van der Waals surface area contributed by atoms with Crippen LogP contribution in [0.25, 0.3) is 0 Å². The van der Waals surface area contributed by atoms with E-state index in [9.17, 15) is 0 Å². The molecule has 2 nitrogen and oxygen atoms in total. The third-order valence-electron chi connectivity index (χ3n) is 1.78. The predicted molar refractivity (Wildman–Crippen MR) is 35.2 cm³/mol. The van der Waals surface area contributed by atoms with Crippen LogP contribution in [0.1, 0.15) is 20.3 Å². The van der Waals surface area contributed by atoms with E-state index in [-0.39, 0.29) is 6.61 Å². The Bertz CT molecular complexity index is 90.9. The molecule has 1 fully saturated rings. The van der Waals surface area contributed by atoms with Gasteiger partial charge < -0.3 is 9.84 Å². The van der Waals surface area contributed by atoms with Crippen molar-refractivity contribution in [3.05, 3.63) is 0 Å². The summed E-state index contributed by atoms with van der Waals surface area (Å²) in [6, 6.07) is 0. The normalized spacial score (nSPS) is 36.3. The van der Waals surface area contributed by atoms with Gasteiger partial charge in [0.05, 0.1) is 12.2 Å². The summed E-state index contributed by atoms with van der Waals surface area (Å²) in [5.41, 5.74) is 0. The maximum atomic E-state index is 8.64. The lowest BCUT2D eigenvalue weighted by Gasteiger charge is -2.02. The first kappa shape index (κ1) is 7.03. The van der Waals surface area contributed by atoms with Gasteiger partial charge in [0.15, 0.2) is 0 Å². The van der Waals surface area contributed by atoms with Crippen molar-refractivity contribution in [3.8, 4) is 0 Å². The number of hydrogen-bond donors (Lipinski definition) is 1. The van der Waals surface area contributed by atoms with Crippen LogP contribution in [-0.4, -0.2) is 23.9 Å². The van der Waals surface area contributed by atoms with Gasteiger partial charge >= 0.3 is 0 Å². The molecular weight excluding hydrogens is 116 g/mol. The minimum absolute atomic E-state index is 0.284. The molecule has 0 saturated carbocycles. The molecule has 9 heavy (non-hydrogen) atoms. The first-order valence-corrected chi connectivity index (χ1v) is 3.50. The molecule has 1 saturated heterocycles. The SMILES string of the molecule is CC1O[C@H]1C[C@H](C)CO. The van der Waals surface area contributed by atoms with Crippen LogP contribution in [0.3, 0.4) is 0 Å². The Morgan fingerprint density at radius 2 is 2.22 bits per heavy atom. The van der Waals surface area contributed by atoms with E-state index < -0.39 is 0 Å². The second-order valence-electron chi connectivity index (χ2n) is 2.90. The summed E-state index contributed by atoms with van der Waals surface area (Å²) in [5, 5.41) is 8.64. The van der Waals surface area contributed by atoms with Crippen LogP contribution in [0.4, 0.5) is 0 Å². The number of ether oxygens (including phenoxy) is 1. The van der Waals surface area contributed by atoms with E-state index in [1.54, 1.807) is 0 Å². The Morgan fingerprint density at radius 1 is 1.67 bits per heavy atom. The molecule has 0 aromatic carbocycles. The maximum Gasteiger partial charge on any atom is 0.0842 e. The Balaban J connectivity index is 2.05. The number of rotatable bonds is 3. The molecule has 0 spiro atoms. The highest BCUT2D eigenvalue weighted by Crippen LogP contribution is 2.27. The van der Waals surface area contributed by atoms with Crippen molar-refractivity contribution in [3.63, 3.8) is 0 Å².